The average molecular weight is 381 g/mol. The van der Waals surface area contributed by atoms with Gasteiger partial charge in [0.25, 0.3) is 5.91 Å². The summed E-state index contributed by atoms with van der Waals surface area (Å²) in [6.45, 7) is 6.17. The summed E-state index contributed by atoms with van der Waals surface area (Å²) < 4.78 is 10.6. The second kappa shape index (κ2) is 10.9. The Labute approximate surface area is 166 Å². The van der Waals surface area contributed by atoms with Crippen LogP contribution in [0.25, 0.3) is 6.08 Å². The molecular formula is C23H27NO4. The number of aryl methyl sites for hydroxylation is 2. The Morgan fingerprint density at radius 3 is 2.29 bits per heavy atom. The first-order valence-electron chi connectivity index (χ1n) is 9.56. The maximum absolute atomic E-state index is 12.2. The highest BCUT2D eigenvalue weighted by molar-refractivity contribution is 5.95. The Bertz CT molecular complexity index is 820. The van der Waals surface area contributed by atoms with E-state index in [-0.39, 0.29) is 12.5 Å². The van der Waals surface area contributed by atoms with E-state index in [4.69, 9.17) is 9.47 Å². The van der Waals surface area contributed by atoms with Gasteiger partial charge in [0.05, 0.1) is 6.61 Å². The molecule has 5 nitrogen and oxygen atoms in total. The molecule has 0 aromatic heterocycles. The third-order valence-corrected chi connectivity index (χ3v) is 4.23. The Hall–Kier alpha value is -3.08. The molecule has 0 saturated carbocycles. The zero-order valence-corrected chi connectivity index (χ0v) is 16.7. The summed E-state index contributed by atoms with van der Waals surface area (Å²) in [6.07, 6.45) is 4.53. The summed E-state index contributed by atoms with van der Waals surface area (Å²) in [7, 11) is 0. The van der Waals surface area contributed by atoms with Crippen molar-refractivity contribution in [3.8, 4) is 5.75 Å². The molecule has 0 bridgehead atoms. The van der Waals surface area contributed by atoms with Gasteiger partial charge in [-0.05, 0) is 43.0 Å². The minimum Gasteiger partial charge on any atom is -0.493 e. The normalized spacial score (nSPS) is 10.7. The van der Waals surface area contributed by atoms with Crippen molar-refractivity contribution in [2.24, 2.45) is 0 Å². The van der Waals surface area contributed by atoms with Gasteiger partial charge in [-0.25, -0.2) is 4.79 Å². The number of hydrogen-bond donors (Lipinski definition) is 1. The SMILES string of the molecule is CCOc1ccccc1C=CC(=O)OCC(=O)Nc1c(CC)cccc1CC. The van der Waals surface area contributed by atoms with Crippen LogP contribution < -0.4 is 10.1 Å². The van der Waals surface area contributed by atoms with Gasteiger partial charge < -0.3 is 14.8 Å². The van der Waals surface area contributed by atoms with Gasteiger partial charge >= 0.3 is 5.97 Å². The number of esters is 1. The third-order valence-electron chi connectivity index (χ3n) is 4.23. The zero-order chi connectivity index (χ0) is 20.4. The van der Waals surface area contributed by atoms with Crippen LogP contribution in [0.1, 0.15) is 37.5 Å². The molecule has 0 aliphatic carbocycles. The lowest BCUT2D eigenvalue weighted by molar-refractivity contribution is -0.142. The second-order valence-corrected chi connectivity index (χ2v) is 6.12. The molecule has 0 aliphatic rings. The molecule has 1 N–H and O–H groups in total. The van der Waals surface area contributed by atoms with E-state index in [0.29, 0.717) is 12.4 Å². The number of carbonyl (C=O) groups excluding carboxylic acids is 2. The van der Waals surface area contributed by atoms with E-state index >= 15 is 0 Å². The Balaban J connectivity index is 1.94. The second-order valence-electron chi connectivity index (χ2n) is 6.12. The topological polar surface area (TPSA) is 64.6 Å². The van der Waals surface area contributed by atoms with Crippen molar-refractivity contribution in [3.05, 3.63) is 65.2 Å². The molecule has 2 aromatic carbocycles. The number of anilines is 1. The van der Waals surface area contributed by atoms with Gasteiger partial charge in [0.15, 0.2) is 6.61 Å². The quantitative estimate of drug-likeness (QED) is 0.516. The van der Waals surface area contributed by atoms with E-state index in [2.05, 4.69) is 5.32 Å². The molecule has 0 saturated heterocycles. The summed E-state index contributed by atoms with van der Waals surface area (Å²) >= 11 is 0. The third kappa shape index (κ3) is 5.98. The zero-order valence-electron chi connectivity index (χ0n) is 16.7. The van der Waals surface area contributed by atoms with E-state index in [0.717, 1.165) is 35.2 Å². The van der Waals surface area contributed by atoms with Crippen molar-refractivity contribution < 1.29 is 19.1 Å². The molecule has 1 amide bonds. The Morgan fingerprint density at radius 2 is 1.64 bits per heavy atom. The summed E-state index contributed by atoms with van der Waals surface area (Å²) in [5.41, 5.74) is 3.71. The molecule has 0 fully saturated rings. The molecule has 0 spiro atoms. The smallest absolute Gasteiger partial charge is 0.331 e. The molecule has 148 valence electrons. The van der Waals surface area contributed by atoms with Gasteiger partial charge in [0.2, 0.25) is 0 Å². The molecule has 0 heterocycles. The summed E-state index contributed by atoms with van der Waals surface area (Å²) in [5.74, 6) is -0.247. The first-order chi connectivity index (χ1) is 13.6. The number of hydrogen-bond acceptors (Lipinski definition) is 4. The van der Waals surface area contributed by atoms with E-state index in [1.807, 2.05) is 63.2 Å². The highest BCUT2D eigenvalue weighted by atomic mass is 16.5. The highest BCUT2D eigenvalue weighted by Gasteiger charge is 2.11. The summed E-state index contributed by atoms with van der Waals surface area (Å²) in [4.78, 5) is 24.2. The Morgan fingerprint density at radius 1 is 0.964 bits per heavy atom. The van der Waals surface area contributed by atoms with Crippen molar-refractivity contribution in [2.45, 2.75) is 33.6 Å². The van der Waals surface area contributed by atoms with E-state index in [1.54, 1.807) is 6.08 Å². The lowest BCUT2D eigenvalue weighted by Crippen LogP contribution is -2.21. The van der Waals surface area contributed by atoms with E-state index < -0.39 is 5.97 Å². The largest absolute Gasteiger partial charge is 0.493 e. The standard InChI is InChI=1S/C23H27NO4/c1-4-17-11-9-12-18(5-2)23(17)24-21(25)16-28-22(26)15-14-19-10-7-8-13-20(19)27-6-3/h7-15H,4-6,16H2,1-3H3,(H,24,25). The predicted octanol–water partition coefficient (Wildman–Crippen LogP) is 4.41. The van der Waals surface area contributed by atoms with Crippen molar-refractivity contribution >= 4 is 23.6 Å². The number of ether oxygens (including phenoxy) is 2. The van der Waals surface area contributed by atoms with Crippen LogP contribution in [-0.2, 0) is 27.2 Å². The van der Waals surface area contributed by atoms with E-state index in [1.165, 1.54) is 6.08 Å². The lowest BCUT2D eigenvalue weighted by atomic mass is 10.0. The van der Waals surface area contributed by atoms with Gasteiger partial charge in [0, 0.05) is 17.3 Å². The molecule has 0 unspecified atom stereocenters. The van der Waals surface area contributed by atoms with Crippen LogP contribution in [0.3, 0.4) is 0 Å². The first kappa shape index (κ1) is 21.2. The maximum Gasteiger partial charge on any atom is 0.331 e. The first-order valence-corrected chi connectivity index (χ1v) is 9.56. The van der Waals surface area contributed by atoms with Crippen molar-refractivity contribution in [1.29, 1.82) is 0 Å². The van der Waals surface area contributed by atoms with Crippen LogP contribution in [0.5, 0.6) is 5.75 Å². The van der Waals surface area contributed by atoms with Gasteiger partial charge in [-0.3, -0.25) is 4.79 Å². The molecule has 5 heteroatoms. The maximum atomic E-state index is 12.2. The van der Waals surface area contributed by atoms with Crippen LogP contribution in [0.2, 0.25) is 0 Å². The van der Waals surface area contributed by atoms with Gasteiger partial charge in [-0.15, -0.1) is 0 Å². The molecule has 0 atom stereocenters. The lowest BCUT2D eigenvalue weighted by Gasteiger charge is -2.14. The molecule has 0 aliphatic heterocycles. The fraction of sp³-hybridized carbons (Fsp3) is 0.304. The molecular weight excluding hydrogens is 354 g/mol. The summed E-state index contributed by atoms with van der Waals surface area (Å²) in [5, 5.41) is 2.88. The highest BCUT2D eigenvalue weighted by Crippen LogP contribution is 2.22. The van der Waals surface area contributed by atoms with Gasteiger partial charge in [-0.2, -0.15) is 0 Å². The van der Waals surface area contributed by atoms with Crippen molar-refractivity contribution in [3.63, 3.8) is 0 Å². The molecule has 28 heavy (non-hydrogen) atoms. The number of amides is 1. The fourth-order valence-corrected chi connectivity index (χ4v) is 2.83. The molecule has 2 aromatic rings. The minimum absolute atomic E-state index is 0.336. The predicted molar refractivity (Wildman–Crippen MR) is 111 cm³/mol. The van der Waals surface area contributed by atoms with Crippen LogP contribution >= 0.6 is 0 Å². The van der Waals surface area contributed by atoms with Gasteiger partial charge in [-0.1, -0.05) is 50.2 Å². The van der Waals surface area contributed by atoms with Crippen molar-refractivity contribution in [1.82, 2.24) is 0 Å². The number of rotatable bonds is 9. The van der Waals surface area contributed by atoms with Crippen molar-refractivity contribution in [2.75, 3.05) is 18.5 Å². The molecule has 0 radical (unpaired) electrons. The van der Waals surface area contributed by atoms with Crippen LogP contribution in [-0.4, -0.2) is 25.1 Å². The van der Waals surface area contributed by atoms with Crippen LogP contribution in [0.15, 0.2) is 48.5 Å². The number of carbonyl (C=O) groups is 2. The monoisotopic (exact) mass is 381 g/mol. The van der Waals surface area contributed by atoms with Crippen LogP contribution in [0, 0.1) is 0 Å². The summed E-state index contributed by atoms with van der Waals surface area (Å²) in [6, 6.07) is 13.4. The number of nitrogens with one attached hydrogen (secondary N) is 1. The average Bonchev–Trinajstić information content (AvgIpc) is 2.72. The van der Waals surface area contributed by atoms with Gasteiger partial charge in [0.1, 0.15) is 5.75 Å². The molecule has 2 rings (SSSR count). The number of para-hydroxylation sites is 2. The van der Waals surface area contributed by atoms with Crippen LogP contribution in [0.4, 0.5) is 5.69 Å². The fourth-order valence-electron chi connectivity index (χ4n) is 2.83. The minimum atomic E-state index is -0.582. The van der Waals surface area contributed by atoms with E-state index in [9.17, 15) is 9.59 Å². The number of benzene rings is 2. The Kier molecular flexibility index (Phi) is 8.28.